The van der Waals surface area contributed by atoms with Crippen LogP contribution in [0, 0.1) is 5.41 Å². The average Bonchev–Trinajstić information content (AvgIpc) is 2.79. The van der Waals surface area contributed by atoms with Gasteiger partial charge in [0.25, 0.3) is 0 Å². The molecule has 0 aliphatic carbocycles. The van der Waals surface area contributed by atoms with E-state index < -0.39 is 0 Å². The molecular weight excluding hydrogens is 216 g/mol. The van der Waals surface area contributed by atoms with Crippen molar-refractivity contribution in [1.29, 1.82) is 5.41 Å². The highest BCUT2D eigenvalue weighted by Crippen LogP contribution is 2.10. The molecule has 0 radical (unpaired) electrons. The van der Waals surface area contributed by atoms with Crippen LogP contribution in [0.25, 0.3) is 11.0 Å². The molecule has 1 N–H and O–H groups in total. The van der Waals surface area contributed by atoms with Crippen molar-refractivity contribution in [2.24, 2.45) is 5.10 Å². The van der Waals surface area contributed by atoms with Gasteiger partial charge in [0.15, 0.2) is 0 Å². The minimum Gasteiger partial charge on any atom is -0.266 e. The Labute approximate surface area is 99.0 Å². The lowest BCUT2D eigenvalue weighted by molar-refractivity contribution is 0.447. The van der Waals surface area contributed by atoms with Crippen LogP contribution in [0.3, 0.4) is 0 Å². The Bertz CT molecular complexity index is 556. The summed E-state index contributed by atoms with van der Waals surface area (Å²) in [6, 6.07) is 7.54. The second-order valence-corrected chi connectivity index (χ2v) is 3.40. The highest BCUT2D eigenvalue weighted by atomic mass is 15.6. The number of hydrogen-bond donors (Lipinski definition) is 1. The van der Waals surface area contributed by atoms with Crippen LogP contribution in [0.5, 0.6) is 0 Å². The zero-order chi connectivity index (χ0) is 12.3. The maximum Gasteiger partial charge on any atom is 0.241 e. The maximum absolute atomic E-state index is 8.06. The van der Waals surface area contributed by atoms with E-state index >= 15 is 0 Å². The fourth-order valence-corrected chi connectivity index (χ4v) is 1.56. The summed E-state index contributed by atoms with van der Waals surface area (Å²) in [6.07, 6.45) is 1.65. The van der Waals surface area contributed by atoms with Gasteiger partial charge in [-0.2, -0.15) is 9.78 Å². The molecule has 0 fully saturated rings. The summed E-state index contributed by atoms with van der Waals surface area (Å²) in [5.41, 5.74) is 1.58. The molecule has 17 heavy (non-hydrogen) atoms. The molecule has 0 aliphatic rings. The molecule has 0 saturated heterocycles. The molecule has 0 aliphatic heterocycles. The van der Waals surface area contributed by atoms with Crippen LogP contribution < -0.4 is 0 Å². The van der Waals surface area contributed by atoms with Crippen molar-refractivity contribution in [3.63, 3.8) is 0 Å². The van der Waals surface area contributed by atoms with Gasteiger partial charge in [0.05, 0.1) is 5.52 Å². The summed E-state index contributed by atoms with van der Waals surface area (Å²) in [5.74, 6) is 0.194. The van der Waals surface area contributed by atoms with Gasteiger partial charge in [0.2, 0.25) is 5.96 Å². The summed E-state index contributed by atoms with van der Waals surface area (Å²) >= 11 is 0. The molecule has 0 amide bonds. The summed E-state index contributed by atoms with van der Waals surface area (Å²) in [4.78, 5) is 0. The van der Waals surface area contributed by atoms with Gasteiger partial charge in [-0.25, -0.2) is 5.01 Å². The van der Waals surface area contributed by atoms with E-state index in [1.165, 1.54) is 4.68 Å². The summed E-state index contributed by atoms with van der Waals surface area (Å²) in [6.45, 7) is 4.35. The lowest BCUT2D eigenvalue weighted by Gasteiger charge is -2.16. The van der Waals surface area contributed by atoms with E-state index in [4.69, 9.17) is 5.41 Å². The molecule has 0 bridgehead atoms. The van der Waals surface area contributed by atoms with Crippen molar-refractivity contribution in [3.05, 3.63) is 24.3 Å². The lowest BCUT2D eigenvalue weighted by atomic mass is 10.3. The molecule has 0 saturated carbocycles. The molecule has 1 heterocycles. The Balaban J connectivity index is 2.42. The number of hydrazone groups is 1. The standard InChI is InChI=1S/C11H14N6/c1-3-13-16(4-2)11(12)17-10-8-6-5-7-9(10)14-15-17/h3,5-8,12H,4H2,1-2H3. The third kappa shape index (κ3) is 2.01. The third-order valence-corrected chi connectivity index (χ3v) is 2.35. The number of benzene rings is 1. The van der Waals surface area contributed by atoms with E-state index in [0.717, 1.165) is 11.0 Å². The quantitative estimate of drug-likeness (QED) is 0.483. The Morgan fingerprint density at radius 3 is 3.00 bits per heavy atom. The van der Waals surface area contributed by atoms with Gasteiger partial charge in [0, 0.05) is 12.8 Å². The molecule has 0 unspecified atom stereocenters. The molecule has 6 heteroatoms. The van der Waals surface area contributed by atoms with Crippen LogP contribution in [-0.4, -0.2) is 38.7 Å². The second kappa shape index (κ2) is 4.73. The minimum absolute atomic E-state index is 0.194. The third-order valence-electron chi connectivity index (χ3n) is 2.35. The summed E-state index contributed by atoms with van der Waals surface area (Å²) < 4.78 is 1.48. The summed E-state index contributed by atoms with van der Waals surface area (Å²) in [5, 5.41) is 21.7. The van der Waals surface area contributed by atoms with E-state index in [0.29, 0.717) is 6.54 Å². The highest BCUT2D eigenvalue weighted by molar-refractivity contribution is 5.89. The van der Waals surface area contributed by atoms with Gasteiger partial charge in [-0.15, -0.1) is 5.10 Å². The van der Waals surface area contributed by atoms with Gasteiger partial charge in [-0.05, 0) is 26.0 Å². The number of nitrogens with one attached hydrogen (secondary N) is 1. The Hall–Kier alpha value is -2.24. The first-order chi connectivity index (χ1) is 8.27. The Morgan fingerprint density at radius 1 is 1.53 bits per heavy atom. The lowest BCUT2D eigenvalue weighted by Crippen LogP contribution is -2.31. The minimum atomic E-state index is 0.194. The van der Waals surface area contributed by atoms with Gasteiger partial charge < -0.3 is 0 Å². The van der Waals surface area contributed by atoms with Gasteiger partial charge in [-0.3, -0.25) is 5.41 Å². The molecule has 88 valence electrons. The fourth-order valence-electron chi connectivity index (χ4n) is 1.56. The first kappa shape index (κ1) is 11.3. The maximum atomic E-state index is 8.06. The van der Waals surface area contributed by atoms with Crippen molar-refractivity contribution in [2.45, 2.75) is 13.8 Å². The normalized spacial score (nSPS) is 11.2. The fraction of sp³-hybridized carbons (Fsp3) is 0.273. The Morgan fingerprint density at radius 2 is 2.29 bits per heavy atom. The number of rotatable bonds is 2. The number of para-hydroxylation sites is 1. The van der Waals surface area contributed by atoms with Crippen LogP contribution in [0.1, 0.15) is 13.8 Å². The predicted molar refractivity (Wildman–Crippen MR) is 67.2 cm³/mol. The number of nitrogens with zero attached hydrogens (tertiary/aromatic N) is 5. The zero-order valence-electron chi connectivity index (χ0n) is 9.83. The number of aromatic nitrogens is 3. The topological polar surface area (TPSA) is 70.2 Å². The molecule has 1 aromatic carbocycles. The average molecular weight is 230 g/mol. The largest absolute Gasteiger partial charge is 0.266 e. The molecule has 6 nitrogen and oxygen atoms in total. The highest BCUT2D eigenvalue weighted by Gasteiger charge is 2.12. The predicted octanol–water partition coefficient (Wildman–Crippen LogP) is 1.54. The van der Waals surface area contributed by atoms with Gasteiger partial charge in [-0.1, -0.05) is 17.3 Å². The van der Waals surface area contributed by atoms with Crippen molar-refractivity contribution >= 4 is 23.2 Å². The van der Waals surface area contributed by atoms with Crippen LogP contribution in [0.2, 0.25) is 0 Å². The second-order valence-electron chi connectivity index (χ2n) is 3.40. The summed E-state index contributed by atoms with van der Waals surface area (Å²) in [7, 11) is 0. The van der Waals surface area contributed by atoms with Crippen molar-refractivity contribution < 1.29 is 0 Å². The zero-order valence-corrected chi connectivity index (χ0v) is 9.83. The van der Waals surface area contributed by atoms with Gasteiger partial charge in [0.1, 0.15) is 5.52 Å². The van der Waals surface area contributed by atoms with Crippen LogP contribution in [0.4, 0.5) is 0 Å². The van der Waals surface area contributed by atoms with E-state index in [1.54, 1.807) is 11.2 Å². The molecule has 0 spiro atoms. The Kier molecular flexibility index (Phi) is 3.13. The van der Waals surface area contributed by atoms with E-state index in [9.17, 15) is 0 Å². The van der Waals surface area contributed by atoms with Crippen LogP contribution >= 0.6 is 0 Å². The van der Waals surface area contributed by atoms with E-state index in [-0.39, 0.29) is 5.96 Å². The first-order valence-corrected chi connectivity index (χ1v) is 5.43. The van der Waals surface area contributed by atoms with Crippen LogP contribution in [-0.2, 0) is 0 Å². The van der Waals surface area contributed by atoms with Crippen LogP contribution in [0.15, 0.2) is 29.4 Å². The van der Waals surface area contributed by atoms with E-state index in [2.05, 4.69) is 15.4 Å². The van der Waals surface area contributed by atoms with Crippen molar-refractivity contribution in [3.8, 4) is 0 Å². The molecule has 0 atom stereocenters. The smallest absolute Gasteiger partial charge is 0.241 e. The molecular formula is C11H14N6. The van der Waals surface area contributed by atoms with Crippen molar-refractivity contribution in [1.82, 2.24) is 20.0 Å². The SMILES string of the molecule is CC=NN(CC)C(=N)n1nnc2ccccc21. The first-order valence-electron chi connectivity index (χ1n) is 5.43. The monoisotopic (exact) mass is 230 g/mol. The molecule has 2 aromatic rings. The number of fused-ring (bicyclic) bond motifs is 1. The van der Waals surface area contributed by atoms with Gasteiger partial charge >= 0.3 is 0 Å². The molecule has 2 rings (SSSR count). The molecule has 1 aromatic heterocycles. The van der Waals surface area contributed by atoms with E-state index in [1.807, 2.05) is 38.1 Å². The van der Waals surface area contributed by atoms with Crippen molar-refractivity contribution in [2.75, 3.05) is 6.54 Å². The number of hydrogen-bond acceptors (Lipinski definition) is 4.